The lowest BCUT2D eigenvalue weighted by Crippen LogP contribution is -2.49. The van der Waals surface area contributed by atoms with Crippen LogP contribution in [0.3, 0.4) is 0 Å². The molecule has 2 aliphatic rings. The number of aromatic nitrogens is 1. The first-order valence-corrected chi connectivity index (χ1v) is 16.8. The van der Waals surface area contributed by atoms with Crippen LogP contribution in [0.2, 0.25) is 0 Å². The molecule has 0 aliphatic carbocycles. The monoisotopic (exact) mass is 627 g/mol. The van der Waals surface area contributed by atoms with E-state index in [1.165, 1.54) is 17.0 Å². The highest BCUT2D eigenvalue weighted by atomic mass is 33.1. The Morgan fingerprint density at radius 3 is 2.77 bits per heavy atom. The number of alkyl carbamates (subject to hydrolysis) is 1. The Morgan fingerprint density at radius 1 is 1.21 bits per heavy atom. The fourth-order valence-electron chi connectivity index (χ4n) is 5.69. The van der Waals surface area contributed by atoms with Gasteiger partial charge in [0.15, 0.2) is 0 Å². The zero-order chi connectivity index (χ0) is 30.5. The summed E-state index contributed by atoms with van der Waals surface area (Å²) in [7, 11) is 4.87. The van der Waals surface area contributed by atoms with Gasteiger partial charge in [-0.3, -0.25) is 14.4 Å². The molecular weight excluding hydrogens is 593 g/mol. The van der Waals surface area contributed by atoms with Crippen LogP contribution < -0.4 is 10.6 Å². The summed E-state index contributed by atoms with van der Waals surface area (Å²) in [6.07, 6.45) is 3.18. The number of halogens is 1. The van der Waals surface area contributed by atoms with Gasteiger partial charge in [-0.25, -0.2) is 9.18 Å². The van der Waals surface area contributed by atoms with Gasteiger partial charge < -0.3 is 30.2 Å². The fourth-order valence-corrected chi connectivity index (χ4v) is 6.72. The summed E-state index contributed by atoms with van der Waals surface area (Å²) in [5.41, 5.74) is 4.52. The van der Waals surface area contributed by atoms with Crippen molar-refractivity contribution in [2.45, 2.75) is 31.8 Å². The number of likely N-dealkylation sites (N-methyl/N-ethyl adjacent to an activating group) is 1. The molecule has 2 aliphatic heterocycles. The zero-order valence-corrected chi connectivity index (χ0v) is 25.7. The van der Waals surface area contributed by atoms with Crippen molar-refractivity contribution in [1.29, 1.82) is 0 Å². The molecule has 0 saturated carbocycles. The lowest BCUT2D eigenvalue weighted by atomic mass is 9.99. The summed E-state index contributed by atoms with van der Waals surface area (Å²) in [6.45, 7) is 1.29. The van der Waals surface area contributed by atoms with Crippen LogP contribution in [0.5, 0.6) is 0 Å². The van der Waals surface area contributed by atoms with Crippen LogP contribution in [0.15, 0.2) is 36.4 Å². The van der Waals surface area contributed by atoms with E-state index in [2.05, 4.69) is 15.6 Å². The number of hydrogen-bond donors (Lipinski definition) is 3. The Bertz CT molecular complexity index is 1530. The summed E-state index contributed by atoms with van der Waals surface area (Å²) in [5, 5.41) is 6.06. The van der Waals surface area contributed by atoms with Gasteiger partial charge in [0, 0.05) is 49.0 Å². The molecule has 0 spiro atoms. The number of H-pyrrole nitrogens is 1. The van der Waals surface area contributed by atoms with E-state index in [-0.39, 0.29) is 30.9 Å². The third-order valence-electron chi connectivity index (χ3n) is 7.67. The van der Waals surface area contributed by atoms with Gasteiger partial charge in [0.1, 0.15) is 25.0 Å². The van der Waals surface area contributed by atoms with Crippen molar-refractivity contribution in [1.82, 2.24) is 25.4 Å². The second-order valence-electron chi connectivity index (χ2n) is 10.5. The van der Waals surface area contributed by atoms with Crippen LogP contribution in [-0.2, 0) is 27.3 Å². The van der Waals surface area contributed by atoms with Gasteiger partial charge in [0.2, 0.25) is 11.8 Å². The molecule has 1 saturated heterocycles. The molecule has 43 heavy (non-hydrogen) atoms. The molecule has 228 valence electrons. The van der Waals surface area contributed by atoms with Crippen molar-refractivity contribution in [2.24, 2.45) is 0 Å². The molecule has 1 aromatic heterocycles. The van der Waals surface area contributed by atoms with E-state index in [9.17, 15) is 23.6 Å². The van der Waals surface area contributed by atoms with Crippen LogP contribution in [0.25, 0.3) is 22.2 Å². The maximum atomic E-state index is 14.2. The Hall–Kier alpha value is -3.71. The molecule has 0 bridgehead atoms. The van der Waals surface area contributed by atoms with E-state index in [1.807, 2.05) is 30.5 Å². The number of ether oxygens (including phenoxy) is 1. The van der Waals surface area contributed by atoms with Gasteiger partial charge in [0.25, 0.3) is 5.91 Å². The van der Waals surface area contributed by atoms with Crippen LogP contribution in [0, 0.1) is 5.82 Å². The van der Waals surface area contributed by atoms with Crippen LogP contribution in [-0.4, -0.2) is 89.9 Å². The van der Waals surface area contributed by atoms with E-state index in [4.69, 9.17) is 4.74 Å². The first kappa shape index (κ1) is 30.7. The smallest absolute Gasteiger partial charge is 0.407 e. The lowest BCUT2D eigenvalue weighted by molar-refractivity contribution is -0.142. The molecule has 13 heteroatoms. The number of carbonyl (C=O) groups excluding carboxylic acids is 4. The Balaban J connectivity index is 1.21. The number of benzene rings is 2. The molecule has 1 unspecified atom stereocenters. The first-order chi connectivity index (χ1) is 20.8. The van der Waals surface area contributed by atoms with E-state index in [1.54, 1.807) is 33.5 Å². The third-order valence-corrected chi connectivity index (χ3v) is 9.45. The maximum absolute atomic E-state index is 14.2. The number of likely N-dealkylation sites (tertiary alicyclic amines) is 1. The second kappa shape index (κ2) is 13.7. The maximum Gasteiger partial charge on any atom is 0.407 e. The van der Waals surface area contributed by atoms with Gasteiger partial charge in [-0.2, -0.15) is 0 Å². The van der Waals surface area contributed by atoms with Crippen molar-refractivity contribution in [2.75, 3.05) is 45.3 Å². The number of amides is 4. The minimum atomic E-state index is -0.650. The van der Waals surface area contributed by atoms with Gasteiger partial charge in [0.05, 0.1) is 5.56 Å². The van der Waals surface area contributed by atoms with Crippen molar-refractivity contribution >= 4 is 56.3 Å². The zero-order valence-electron chi connectivity index (χ0n) is 24.0. The normalized spacial score (nSPS) is 16.1. The second-order valence-corrected chi connectivity index (χ2v) is 13.2. The molecule has 5 rings (SSSR count). The molecule has 0 radical (unpaired) electrons. The average molecular weight is 628 g/mol. The third kappa shape index (κ3) is 6.93. The predicted molar refractivity (Wildman–Crippen MR) is 166 cm³/mol. The van der Waals surface area contributed by atoms with Crippen LogP contribution in [0.4, 0.5) is 9.18 Å². The minimum Gasteiger partial charge on any atom is -0.449 e. The Labute approximate surface area is 256 Å². The van der Waals surface area contributed by atoms with Gasteiger partial charge in [-0.15, -0.1) is 0 Å². The average Bonchev–Trinajstić information content (AvgIpc) is 3.59. The highest BCUT2D eigenvalue weighted by Gasteiger charge is 2.35. The summed E-state index contributed by atoms with van der Waals surface area (Å²) in [6, 6.07) is 9.86. The molecule has 1 atom stereocenters. The number of aromatic amines is 1. The number of nitrogens with one attached hydrogen (secondary N) is 3. The summed E-state index contributed by atoms with van der Waals surface area (Å²) >= 11 is 0. The fraction of sp³-hybridized carbons (Fsp3) is 0.400. The topological polar surface area (TPSA) is 124 Å². The molecule has 1 fully saturated rings. The molecule has 3 heterocycles. The van der Waals surface area contributed by atoms with E-state index >= 15 is 0 Å². The van der Waals surface area contributed by atoms with E-state index < -0.39 is 18.0 Å². The summed E-state index contributed by atoms with van der Waals surface area (Å²) in [4.78, 5) is 57.0. The van der Waals surface area contributed by atoms with Gasteiger partial charge >= 0.3 is 6.09 Å². The molecular formula is C30H34FN5O5S2. The molecule has 10 nitrogen and oxygen atoms in total. The molecule has 3 N–H and O–H groups in total. The molecule has 2 aromatic carbocycles. The Morgan fingerprint density at radius 2 is 2.00 bits per heavy atom. The highest BCUT2D eigenvalue weighted by Crippen LogP contribution is 2.35. The number of nitrogens with zero attached hydrogens (tertiary/aromatic N) is 2. The lowest BCUT2D eigenvalue weighted by Gasteiger charge is -2.28. The standard InChI is InChI=1S/C30H34FN5O5S2/c1-35(29(39)24-4-3-11-36(24)25(37)16-33-30(40)41-12-13-43-42-2)17-18-5-7-19(8-6-18)27-21-9-10-32-28(38)22-14-20(31)15-23(34-27)26(21)22/h5-8,14-15,24,34H,3-4,9-13,16-17H2,1-2H3,(H,32,38)(H,33,40). The number of rotatable bonds is 10. The quantitative estimate of drug-likeness (QED) is 0.230. The van der Waals surface area contributed by atoms with Crippen LogP contribution >= 0.6 is 21.6 Å². The Kier molecular flexibility index (Phi) is 9.81. The van der Waals surface area contributed by atoms with E-state index in [0.29, 0.717) is 55.7 Å². The van der Waals surface area contributed by atoms with Gasteiger partial charge in [-0.1, -0.05) is 45.9 Å². The number of hydrogen-bond acceptors (Lipinski definition) is 7. The summed E-state index contributed by atoms with van der Waals surface area (Å²) in [5.74, 6) is -0.572. The number of carbonyl (C=O) groups is 4. The predicted octanol–water partition coefficient (Wildman–Crippen LogP) is 3.95. The van der Waals surface area contributed by atoms with E-state index in [0.717, 1.165) is 27.8 Å². The molecule has 4 amide bonds. The summed E-state index contributed by atoms with van der Waals surface area (Å²) < 4.78 is 19.3. The minimum absolute atomic E-state index is 0.158. The SMILES string of the molecule is CSSCCOC(=O)NCC(=O)N1CCCC1C(=O)N(C)Cc1ccc(-c2[nH]c3cc(F)cc4c3c2CCNC4=O)cc1. The van der Waals surface area contributed by atoms with Gasteiger partial charge in [-0.05, 0) is 54.3 Å². The van der Waals surface area contributed by atoms with Crippen molar-refractivity contribution in [3.8, 4) is 11.3 Å². The van der Waals surface area contributed by atoms with Crippen molar-refractivity contribution < 1.29 is 28.3 Å². The van der Waals surface area contributed by atoms with Crippen LogP contribution in [0.1, 0.15) is 34.3 Å². The molecule has 3 aromatic rings. The highest BCUT2D eigenvalue weighted by molar-refractivity contribution is 8.76. The van der Waals surface area contributed by atoms with Crippen molar-refractivity contribution in [3.05, 3.63) is 58.9 Å². The largest absolute Gasteiger partial charge is 0.449 e. The first-order valence-electron chi connectivity index (χ1n) is 14.1. The van der Waals surface area contributed by atoms with Crippen molar-refractivity contribution in [3.63, 3.8) is 0 Å².